The number of nitrogens with one attached hydrogen (secondary N) is 1. The number of hydrogen-bond acceptors (Lipinski definition) is 1. The number of fused-ring (bicyclic) bond motifs is 2. The van der Waals surface area contributed by atoms with Crippen LogP contribution in [0.4, 0.5) is 0 Å². The molecule has 19 heavy (non-hydrogen) atoms. The zero-order chi connectivity index (χ0) is 13.4. The fraction of sp³-hybridized carbons (Fsp3) is 0.588. The zero-order valence-electron chi connectivity index (χ0n) is 11.9. The van der Waals surface area contributed by atoms with Gasteiger partial charge in [0.2, 0.25) is 0 Å². The lowest BCUT2D eigenvalue weighted by Gasteiger charge is -2.28. The topological polar surface area (TPSA) is 29.1 Å². The number of carbonyl (C=O) groups is 1. The van der Waals surface area contributed by atoms with Crippen molar-refractivity contribution in [3.63, 3.8) is 0 Å². The molecular formula is C17H23NO. The molecule has 0 spiro atoms. The first kappa shape index (κ1) is 12.7. The Labute approximate surface area is 115 Å². The minimum absolute atomic E-state index is 0.0790. The van der Waals surface area contributed by atoms with Gasteiger partial charge in [0.1, 0.15) is 0 Å². The lowest BCUT2D eigenvalue weighted by atomic mass is 9.84. The molecule has 1 amide bonds. The van der Waals surface area contributed by atoms with Gasteiger partial charge in [-0.25, -0.2) is 0 Å². The van der Waals surface area contributed by atoms with Gasteiger partial charge in [-0.05, 0) is 63.0 Å². The van der Waals surface area contributed by atoms with Crippen molar-refractivity contribution in [2.45, 2.75) is 45.6 Å². The van der Waals surface area contributed by atoms with Crippen molar-refractivity contribution in [1.29, 1.82) is 0 Å². The summed E-state index contributed by atoms with van der Waals surface area (Å²) in [6, 6.07) is 8.13. The highest BCUT2D eigenvalue weighted by Gasteiger charge is 2.42. The van der Waals surface area contributed by atoms with Crippen LogP contribution in [0.25, 0.3) is 0 Å². The SMILES string of the molecule is Cc1ccc(C(=O)N[C@H](C)[C@H]2C[C@H]3CC[C@H]2C3)cc1. The molecule has 0 radical (unpaired) electrons. The van der Waals surface area contributed by atoms with E-state index in [9.17, 15) is 4.79 Å². The molecule has 102 valence electrons. The van der Waals surface area contributed by atoms with Gasteiger partial charge in [0.15, 0.2) is 0 Å². The molecule has 1 N–H and O–H groups in total. The Hall–Kier alpha value is -1.31. The van der Waals surface area contributed by atoms with Crippen LogP contribution in [-0.4, -0.2) is 11.9 Å². The van der Waals surface area contributed by atoms with Gasteiger partial charge in [-0.1, -0.05) is 24.1 Å². The molecule has 0 aliphatic heterocycles. The molecule has 0 heterocycles. The number of hydrogen-bond donors (Lipinski definition) is 1. The molecule has 0 unspecified atom stereocenters. The monoisotopic (exact) mass is 257 g/mol. The van der Waals surface area contributed by atoms with Crippen molar-refractivity contribution >= 4 is 5.91 Å². The summed E-state index contributed by atoms with van der Waals surface area (Å²) in [5, 5.41) is 3.20. The fourth-order valence-corrected chi connectivity index (χ4v) is 4.01. The van der Waals surface area contributed by atoms with E-state index in [0.717, 1.165) is 17.4 Å². The Morgan fingerprint density at radius 3 is 2.53 bits per heavy atom. The molecule has 4 atom stereocenters. The van der Waals surface area contributed by atoms with E-state index < -0.39 is 0 Å². The summed E-state index contributed by atoms with van der Waals surface area (Å²) < 4.78 is 0. The Balaban J connectivity index is 1.61. The average molecular weight is 257 g/mol. The molecule has 3 rings (SSSR count). The maximum atomic E-state index is 12.2. The predicted octanol–water partition coefficient (Wildman–Crippen LogP) is 3.55. The first-order valence-corrected chi connectivity index (χ1v) is 7.51. The minimum atomic E-state index is 0.0790. The standard InChI is InChI=1S/C17H23NO/c1-11-3-6-14(7-4-11)17(19)18-12(2)16-10-13-5-8-15(16)9-13/h3-4,6-7,12-13,15-16H,5,8-10H2,1-2H3,(H,18,19)/t12-,13+,15+,16-/m1/s1. The third kappa shape index (κ3) is 2.54. The largest absolute Gasteiger partial charge is 0.349 e. The molecule has 2 aliphatic carbocycles. The number of aryl methyl sites for hydroxylation is 1. The second-order valence-electron chi connectivity index (χ2n) is 6.47. The lowest BCUT2D eigenvalue weighted by Crippen LogP contribution is -2.40. The summed E-state index contributed by atoms with van der Waals surface area (Å²) in [5.74, 6) is 2.58. The van der Waals surface area contributed by atoms with Crippen molar-refractivity contribution in [2.75, 3.05) is 0 Å². The Bertz CT molecular complexity index is 465. The van der Waals surface area contributed by atoms with Gasteiger partial charge >= 0.3 is 0 Å². The quantitative estimate of drug-likeness (QED) is 0.881. The maximum absolute atomic E-state index is 12.2. The number of rotatable bonds is 3. The first-order valence-electron chi connectivity index (χ1n) is 7.51. The molecule has 2 fully saturated rings. The van der Waals surface area contributed by atoms with Crippen LogP contribution in [-0.2, 0) is 0 Å². The molecule has 2 saturated carbocycles. The molecule has 1 aromatic carbocycles. The molecule has 2 nitrogen and oxygen atoms in total. The zero-order valence-corrected chi connectivity index (χ0v) is 11.9. The minimum Gasteiger partial charge on any atom is -0.349 e. The second-order valence-corrected chi connectivity index (χ2v) is 6.47. The highest BCUT2D eigenvalue weighted by molar-refractivity contribution is 5.94. The van der Waals surface area contributed by atoms with E-state index in [1.807, 2.05) is 31.2 Å². The lowest BCUT2D eigenvalue weighted by molar-refractivity contribution is 0.0915. The molecule has 2 bridgehead atoms. The van der Waals surface area contributed by atoms with Gasteiger partial charge in [0.05, 0.1) is 0 Å². The third-order valence-electron chi connectivity index (χ3n) is 5.11. The normalized spacial score (nSPS) is 30.3. The van der Waals surface area contributed by atoms with Gasteiger partial charge in [0.25, 0.3) is 5.91 Å². The van der Waals surface area contributed by atoms with E-state index in [1.54, 1.807) is 0 Å². The Kier molecular flexibility index (Phi) is 3.34. The molecule has 0 saturated heterocycles. The van der Waals surface area contributed by atoms with E-state index in [1.165, 1.54) is 31.2 Å². The highest BCUT2D eigenvalue weighted by Crippen LogP contribution is 2.49. The summed E-state index contributed by atoms with van der Waals surface area (Å²) in [4.78, 5) is 12.2. The van der Waals surface area contributed by atoms with Crippen LogP contribution in [0.15, 0.2) is 24.3 Å². The summed E-state index contributed by atoms with van der Waals surface area (Å²) in [5.41, 5.74) is 1.97. The Morgan fingerprint density at radius 1 is 1.21 bits per heavy atom. The Morgan fingerprint density at radius 2 is 1.95 bits per heavy atom. The van der Waals surface area contributed by atoms with Gasteiger partial charge in [0, 0.05) is 11.6 Å². The van der Waals surface area contributed by atoms with Crippen molar-refractivity contribution in [1.82, 2.24) is 5.32 Å². The van der Waals surface area contributed by atoms with Crippen LogP contribution >= 0.6 is 0 Å². The van der Waals surface area contributed by atoms with E-state index in [2.05, 4.69) is 12.2 Å². The van der Waals surface area contributed by atoms with Gasteiger partial charge < -0.3 is 5.32 Å². The van der Waals surface area contributed by atoms with Gasteiger partial charge in [-0.15, -0.1) is 0 Å². The van der Waals surface area contributed by atoms with Gasteiger partial charge in [-0.2, -0.15) is 0 Å². The van der Waals surface area contributed by atoms with E-state index >= 15 is 0 Å². The molecule has 2 heteroatoms. The summed E-state index contributed by atoms with van der Waals surface area (Å²) in [7, 11) is 0. The van der Waals surface area contributed by atoms with E-state index in [-0.39, 0.29) is 5.91 Å². The summed E-state index contributed by atoms with van der Waals surface area (Å²) >= 11 is 0. The van der Waals surface area contributed by atoms with Crippen molar-refractivity contribution in [3.8, 4) is 0 Å². The summed E-state index contributed by atoms with van der Waals surface area (Å²) in [6.45, 7) is 4.22. The van der Waals surface area contributed by atoms with Crippen LogP contribution in [0, 0.1) is 24.7 Å². The predicted molar refractivity (Wildman–Crippen MR) is 77.0 cm³/mol. The second kappa shape index (κ2) is 4.99. The third-order valence-corrected chi connectivity index (χ3v) is 5.11. The van der Waals surface area contributed by atoms with Gasteiger partial charge in [-0.3, -0.25) is 4.79 Å². The number of benzene rings is 1. The molecule has 1 aromatic rings. The van der Waals surface area contributed by atoms with Crippen LogP contribution in [0.5, 0.6) is 0 Å². The van der Waals surface area contributed by atoms with E-state index in [4.69, 9.17) is 0 Å². The van der Waals surface area contributed by atoms with Crippen LogP contribution in [0.1, 0.15) is 48.5 Å². The molecule has 2 aliphatic rings. The first-order chi connectivity index (χ1) is 9.13. The number of amides is 1. The van der Waals surface area contributed by atoms with E-state index in [0.29, 0.717) is 12.0 Å². The molecular weight excluding hydrogens is 234 g/mol. The summed E-state index contributed by atoms with van der Waals surface area (Å²) in [6.07, 6.45) is 5.51. The fourth-order valence-electron chi connectivity index (χ4n) is 4.01. The van der Waals surface area contributed by atoms with Crippen molar-refractivity contribution in [2.24, 2.45) is 17.8 Å². The average Bonchev–Trinajstić information content (AvgIpc) is 3.01. The van der Waals surface area contributed by atoms with Crippen LogP contribution in [0.2, 0.25) is 0 Å². The van der Waals surface area contributed by atoms with Crippen molar-refractivity contribution < 1.29 is 4.79 Å². The highest BCUT2D eigenvalue weighted by atomic mass is 16.1. The molecule has 0 aromatic heterocycles. The van der Waals surface area contributed by atoms with Crippen LogP contribution in [0.3, 0.4) is 0 Å². The van der Waals surface area contributed by atoms with Crippen LogP contribution < -0.4 is 5.32 Å². The number of carbonyl (C=O) groups excluding carboxylic acids is 1. The maximum Gasteiger partial charge on any atom is 0.251 e. The smallest absolute Gasteiger partial charge is 0.251 e. The van der Waals surface area contributed by atoms with Crippen molar-refractivity contribution in [3.05, 3.63) is 35.4 Å².